The number of alkyl halides is 2. The Morgan fingerprint density at radius 1 is 1.62 bits per heavy atom. The van der Waals surface area contributed by atoms with E-state index in [2.05, 4.69) is 50.9 Å². The van der Waals surface area contributed by atoms with Gasteiger partial charge in [-0.25, -0.2) is 0 Å². The Morgan fingerprint density at radius 3 is 2.25 bits per heavy atom. The van der Waals surface area contributed by atoms with E-state index in [9.17, 15) is 0 Å². The molecule has 0 aromatic carbocycles. The third-order valence-electron chi connectivity index (χ3n) is 1.30. The summed E-state index contributed by atoms with van der Waals surface area (Å²) >= 11 is 7.04. The number of hydrogen-bond donors (Lipinski definition) is 0. The van der Waals surface area contributed by atoms with Crippen molar-refractivity contribution in [3.8, 4) is 0 Å². The maximum absolute atomic E-state index is 3.52. The van der Waals surface area contributed by atoms with E-state index in [0.717, 1.165) is 0 Å². The molecule has 8 heavy (non-hydrogen) atoms. The molecule has 0 aliphatic heterocycles. The van der Waals surface area contributed by atoms with Crippen molar-refractivity contribution in [2.24, 2.45) is 5.92 Å². The third-order valence-corrected chi connectivity index (χ3v) is 3.12. The van der Waals surface area contributed by atoms with Crippen LogP contribution in [0.1, 0.15) is 13.3 Å². The second-order valence-corrected chi connectivity index (χ2v) is 5.99. The standard InChI is InChI=1S/C6H8Br2/c1-2-3-5-4-6(5,7)8/h2-3,5H,4H2,1H3/b3-2+/t5-/m0/s1. The van der Waals surface area contributed by atoms with Crippen LogP contribution in [0.3, 0.4) is 0 Å². The van der Waals surface area contributed by atoms with Gasteiger partial charge in [0.1, 0.15) is 0 Å². The number of hydrogen-bond acceptors (Lipinski definition) is 0. The molecule has 1 fully saturated rings. The van der Waals surface area contributed by atoms with Gasteiger partial charge in [0.15, 0.2) is 0 Å². The van der Waals surface area contributed by atoms with Gasteiger partial charge >= 0.3 is 0 Å². The quantitative estimate of drug-likeness (QED) is 0.488. The van der Waals surface area contributed by atoms with Gasteiger partial charge in [-0.3, -0.25) is 0 Å². The zero-order valence-corrected chi connectivity index (χ0v) is 7.87. The van der Waals surface area contributed by atoms with Gasteiger partial charge in [-0.05, 0) is 13.3 Å². The average Bonchev–Trinajstić information content (AvgIpc) is 2.15. The summed E-state index contributed by atoms with van der Waals surface area (Å²) in [5.74, 6) is 0.715. The first-order valence-corrected chi connectivity index (χ1v) is 4.26. The summed E-state index contributed by atoms with van der Waals surface area (Å²) in [6.45, 7) is 2.05. The van der Waals surface area contributed by atoms with E-state index in [1.807, 2.05) is 0 Å². The largest absolute Gasteiger partial charge is 0.0913 e. The van der Waals surface area contributed by atoms with Crippen LogP contribution in [-0.4, -0.2) is 3.23 Å². The van der Waals surface area contributed by atoms with Crippen molar-refractivity contribution in [1.29, 1.82) is 0 Å². The molecule has 0 nitrogen and oxygen atoms in total. The smallest absolute Gasteiger partial charge is 0.0875 e. The van der Waals surface area contributed by atoms with Gasteiger partial charge in [0.2, 0.25) is 0 Å². The lowest BCUT2D eigenvalue weighted by Crippen LogP contribution is -1.81. The molecule has 0 aromatic heterocycles. The van der Waals surface area contributed by atoms with Crippen molar-refractivity contribution in [3.05, 3.63) is 12.2 Å². The number of halogens is 2. The maximum atomic E-state index is 3.52. The molecule has 1 atom stereocenters. The van der Waals surface area contributed by atoms with E-state index in [1.54, 1.807) is 0 Å². The Kier molecular flexibility index (Phi) is 1.83. The van der Waals surface area contributed by atoms with E-state index in [4.69, 9.17) is 0 Å². The van der Waals surface area contributed by atoms with Crippen molar-refractivity contribution in [2.75, 3.05) is 0 Å². The summed E-state index contributed by atoms with van der Waals surface area (Å²) in [4.78, 5) is 0. The molecule has 0 N–H and O–H groups in total. The minimum atomic E-state index is 0.256. The Labute approximate surface area is 66.6 Å². The van der Waals surface area contributed by atoms with E-state index in [1.165, 1.54) is 6.42 Å². The lowest BCUT2D eigenvalue weighted by atomic mass is 10.4. The lowest BCUT2D eigenvalue weighted by Gasteiger charge is -1.89. The zero-order chi connectivity index (χ0) is 6.20. The molecule has 2 heteroatoms. The highest BCUT2D eigenvalue weighted by molar-refractivity contribution is 9.25. The van der Waals surface area contributed by atoms with Gasteiger partial charge in [-0.2, -0.15) is 0 Å². The second kappa shape index (κ2) is 2.14. The molecule has 0 aromatic rings. The molecular formula is C6H8Br2. The molecular weight excluding hydrogens is 232 g/mol. The van der Waals surface area contributed by atoms with Crippen LogP contribution < -0.4 is 0 Å². The van der Waals surface area contributed by atoms with E-state index in [-0.39, 0.29) is 3.23 Å². The molecule has 0 heterocycles. The minimum absolute atomic E-state index is 0.256. The fourth-order valence-corrected chi connectivity index (χ4v) is 1.68. The first-order valence-electron chi connectivity index (χ1n) is 2.67. The molecule has 0 saturated heterocycles. The lowest BCUT2D eigenvalue weighted by molar-refractivity contribution is 1.12. The highest BCUT2D eigenvalue weighted by Gasteiger charge is 2.48. The molecule has 1 saturated carbocycles. The molecule has 0 unspecified atom stereocenters. The molecule has 1 rings (SSSR count). The SMILES string of the molecule is C/C=C/[C@H]1CC1(Br)Br. The normalized spacial score (nSPS) is 33.6. The molecule has 0 bridgehead atoms. The number of rotatable bonds is 1. The van der Waals surface area contributed by atoms with Gasteiger partial charge in [-0.1, -0.05) is 44.0 Å². The van der Waals surface area contributed by atoms with Crippen molar-refractivity contribution in [2.45, 2.75) is 16.6 Å². The molecule has 0 spiro atoms. The van der Waals surface area contributed by atoms with E-state index >= 15 is 0 Å². The van der Waals surface area contributed by atoms with Gasteiger partial charge in [-0.15, -0.1) is 0 Å². The van der Waals surface area contributed by atoms with Gasteiger partial charge < -0.3 is 0 Å². The minimum Gasteiger partial charge on any atom is -0.0913 e. The average molecular weight is 240 g/mol. The molecule has 0 amide bonds. The van der Waals surface area contributed by atoms with Crippen LogP contribution in [0.15, 0.2) is 12.2 Å². The highest BCUT2D eigenvalue weighted by Crippen LogP contribution is 2.56. The fourth-order valence-electron chi connectivity index (χ4n) is 0.675. The summed E-state index contributed by atoms with van der Waals surface area (Å²) < 4.78 is 0.256. The van der Waals surface area contributed by atoms with Gasteiger partial charge in [0, 0.05) is 5.92 Å². The predicted molar refractivity (Wildman–Crippen MR) is 43.5 cm³/mol. The van der Waals surface area contributed by atoms with E-state index in [0.29, 0.717) is 5.92 Å². The Bertz CT molecular complexity index is 116. The Hall–Kier alpha value is 0.700. The van der Waals surface area contributed by atoms with Crippen LogP contribution in [0.25, 0.3) is 0 Å². The van der Waals surface area contributed by atoms with Crippen molar-refractivity contribution in [1.82, 2.24) is 0 Å². The van der Waals surface area contributed by atoms with Crippen LogP contribution in [0.2, 0.25) is 0 Å². The first-order chi connectivity index (χ1) is 3.67. The molecule has 46 valence electrons. The van der Waals surface area contributed by atoms with Gasteiger partial charge in [0.05, 0.1) is 3.23 Å². The summed E-state index contributed by atoms with van der Waals surface area (Å²) in [5.41, 5.74) is 0. The highest BCUT2D eigenvalue weighted by atomic mass is 79.9. The topological polar surface area (TPSA) is 0 Å². The maximum Gasteiger partial charge on any atom is 0.0875 e. The summed E-state index contributed by atoms with van der Waals surface area (Å²) in [7, 11) is 0. The first kappa shape index (κ1) is 6.81. The molecule has 1 aliphatic carbocycles. The second-order valence-electron chi connectivity index (χ2n) is 2.10. The van der Waals surface area contributed by atoms with Crippen molar-refractivity contribution < 1.29 is 0 Å². The zero-order valence-electron chi connectivity index (χ0n) is 4.70. The van der Waals surface area contributed by atoms with Crippen molar-refractivity contribution >= 4 is 31.9 Å². The van der Waals surface area contributed by atoms with E-state index < -0.39 is 0 Å². The van der Waals surface area contributed by atoms with Gasteiger partial charge in [0.25, 0.3) is 0 Å². The summed E-state index contributed by atoms with van der Waals surface area (Å²) in [6.07, 6.45) is 5.52. The monoisotopic (exact) mass is 238 g/mol. The molecule has 0 radical (unpaired) electrons. The third kappa shape index (κ3) is 1.35. The fraction of sp³-hybridized carbons (Fsp3) is 0.667. The van der Waals surface area contributed by atoms with Crippen LogP contribution in [-0.2, 0) is 0 Å². The van der Waals surface area contributed by atoms with Crippen LogP contribution >= 0.6 is 31.9 Å². The Balaban J connectivity index is 2.37. The summed E-state index contributed by atoms with van der Waals surface area (Å²) in [5, 5.41) is 0. The van der Waals surface area contributed by atoms with Crippen molar-refractivity contribution in [3.63, 3.8) is 0 Å². The van der Waals surface area contributed by atoms with Crippen LogP contribution in [0.5, 0.6) is 0 Å². The van der Waals surface area contributed by atoms with Crippen LogP contribution in [0, 0.1) is 5.92 Å². The Morgan fingerprint density at radius 2 is 2.12 bits per heavy atom. The predicted octanol–water partition coefficient (Wildman–Crippen LogP) is 3.07. The summed E-state index contributed by atoms with van der Waals surface area (Å²) in [6, 6.07) is 0. The van der Waals surface area contributed by atoms with Crippen LogP contribution in [0.4, 0.5) is 0 Å². The molecule has 1 aliphatic rings. The number of allylic oxidation sites excluding steroid dienone is 2.